The van der Waals surface area contributed by atoms with Gasteiger partial charge in [-0.2, -0.15) is 0 Å². The van der Waals surface area contributed by atoms with Crippen molar-refractivity contribution in [3.8, 4) is 0 Å². The molecule has 0 aliphatic rings. The maximum absolute atomic E-state index is 2.00. The van der Waals surface area contributed by atoms with Gasteiger partial charge in [0, 0.05) is 24.4 Å². The minimum absolute atomic E-state index is 0. The second-order valence-corrected chi connectivity index (χ2v) is 0.577. The van der Waals surface area contributed by atoms with Crippen LogP contribution in [-0.2, 0) is 0 Å². The molecule has 0 amide bonds. The minimum atomic E-state index is 0. The molecule has 3 heteroatoms. The Bertz CT molecular complexity index is 8.75. The SMILES string of the molecule is C[CH]C.[I-].[I-].[Sb]. The van der Waals surface area contributed by atoms with Crippen LogP contribution in [0.2, 0.25) is 0 Å². The molecule has 0 unspecified atom stereocenters. The molecule has 0 aliphatic carbocycles. The molecular formula is C3H7I2Sb-2. The van der Waals surface area contributed by atoms with Gasteiger partial charge in [-0.15, -0.1) is 0 Å². The van der Waals surface area contributed by atoms with Crippen LogP contribution < -0.4 is 48.0 Å². The number of hydrogen-bond acceptors (Lipinski definition) is 0. The molecule has 40 valence electrons. The van der Waals surface area contributed by atoms with Crippen LogP contribution in [0.1, 0.15) is 13.8 Å². The summed E-state index contributed by atoms with van der Waals surface area (Å²) in [7, 11) is 0. The van der Waals surface area contributed by atoms with E-state index in [9.17, 15) is 0 Å². The fourth-order valence-electron chi connectivity index (χ4n) is 0. The Morgan fingerprint density at radius 3 is 1.00 bits per heavy atom. The van der Waals surface area contributed by atoms with E-state index in [-0.39, 0.29) is 72.4 Å². The molecule has 0 saturated heterocycles. The maximum Gasteiger partial charge on any atom is 0 e. The third-order valence-corrected chi connectivity index (χ3v) is 0. The summed E-state index contributed by atoms with van der Waals surface area (Å²) >= 11 is 0. The molecule has 0 aromatic heterocycles. The maximum atomic E-state index is 2.00. The van der Waals surface area contributed by atoms with Gasteiger partial charge in [-0.3, -0.25) is 0 Å². The summed E-state index contributed by atoms with van der Waals surface area (Å²) in [5.74, 6) is 0. The predicted molar refractivity (Wildman–Crippen MR) is 21.4 cm³/mol. The van der Waals surface area contributed by atoms with E-state index in [2.05, 4.69) is 0 Å². The van der Waals surface area contributed by atoms with E-state index in [0.29, 0.717) is 0 Å². The van der Waals surface area contributed by atoms with Crippen LogP contribution in [0.4, 0.5) is 0 Å². The van der Waals surface area contributed by atoms with Crippen LogP contribution in [0.15, 0.2) is 0 Å². The number of halogens is 2. The van der Waals surface area contributed by atoms with Crippen LogP contribution in [0.3, 0.4) is 0 Å². The van der Waals surface area contributed by atoms with Gasteiger partial charge in [0.15, 0.2) is 0 Å². The van der Waals surface area contributed by atoms with E-state index in [1.165, 1.54) is 0 Å². The first-order valence-corrected chi connectivity index (χ1v) is 1.15. The first-order chi connectivity index (χ1) is 1.41. The quantitative estimate of drug-likeness (QED) is 0.273. The third kappa shape index (κ3) is 33.7. The van der Waals surface area contributed by atoms with Crippen molar-refractivity contribution in [3.05, 3.63) is 6.42 Å². The van der Waals surface area contributed by atoms with Crippen molar-refractivity contribution in [2.24, 2.45) is 0 Å². The van der Waals surface area contributed by atoms with Gasteiger partial charge >= 0.3 is 0 Å². The molecular weight excluding hydrogens is 412 g/mol. The van der Waals surface area contributed by atoms with E-state index in [1.807, 2.05) is 20.3 Å². The summed E-state index contributed by atoms with van der Waals surface area (Å²) in [5, 5.41) is 0. The summed E-state index contributed by atoms with van der Waals surface area (Å²) in [6, 6.07) is 0. The van der Waals surface area contributed by atoms with Crippen molar-refractivity contribution in [2.45, 2.75) is 13.8 Å². The van der Waals surface area contributed by atoms with E-state index >= 15 is 0 Å². The Labute approximate surface area is 91.3 Å². The Hall–Kier alpha value is 2.28. The Balaban J connectivity index is -0.00000000667. The van der Waals surface area contributed by atoms with E-state index in [4.69, 9.17) is 0 Å². The summed E-state index contributed by atoms with van der Waals surface area (Å²) in [5.41, 5.74) is 0. The molecule has 0 spiro atoms. The second kappa shape index (κ2) is 26.7. The number of hydrogen-bond donors (Lipinski definition) is 0. The molecule has 0 aliphatic heterocycles. The second-order valence-electron chi connectivity index (χ2n) is 0.577. The average Bonchev–Trinajstić information content (AvgIpc) is 0.918. The van der Waals surface area contributed by atoms with E-state index in [0.717, 1.165) is 0 Å². The van der Waals surface area contributed by atoms with Gasteiger partial charge in [0.05, 0.1) is 0 Å². The molecule has 0 atom stereocenters. The molecule has 0 saturated carbocycles. The summed E-state index contributed by atoms with van der Waals surface area (Å²) in [6.45, 7) is 4.00. The molecule has 4 radical (unpaired) electrons. The summed E-state index contributed by atoms with van der Waals surface area (Å²) < 4.78 is 0. The molecule has 0 heterocycles. The normalized spacial score (nSPS) is 3.00. The predicted octanol–water partition coefficient (Wildman–Crippen LogP) is -5.14. The Morgan fingerprint density at radius 2 is 1.00 bits per heavy atom. The molecule has 0 aromatic carbocycles. The molecule has 0 aromatic rings. The van der Waals surface area contributed by atoms with Gasteiger partial charge in [0.2, 0.25) is 0 Å². The first kappa shape index (κ1) is 24.0. The first-order valence-electron chi connectivity index (χ1n) is 1.15. The zero-order chi connectivity index (χ0) is 2.71. The summed E-state index contributed by atoms with van der Waals surface area (Å²) in [6.07, 6.45) is 2.00. The van der Waals surface area contributed by atoms with Crippen LogP contribution in [0.5, 0.6) is 0 Å². The van der Waals surface area contributed by atoms with Crippen molar-refractivity contribution in [1.29, 1.82) is 0 Å². The average molecular weight is 419 g/mol. The van der Waals surface area contributed by atoms with Crippen molar-refractivity contribution in [2.75, 3.05) is 0 Å². The van der Waals surface area contributed by atoms with Gasteiger partial charge in [-0.25, -0.2) is 0 Å². The van der Waals surface area contributed by atoms with Crippen molar-refractivity contribution >= 4 is 24.4 Å². The fourth-order valence-corrected chi connectivity index (χ4v) is 0. The molecule has 0 fully saturated rings. The van der Waals surface area contributed by atoms with Crippen molar-refractivity contribution in [1.82, 2.24) is 0 Å². The summed E-state index contributed by atoms with van der Waals surface area (Å²) in [4.78, 5) is 0. The largest absolute Gasteiger partial charge is 1.00 e. The van der Waals surface area contributed by atoms with Gasteiger partial charge in [-0.05, 0) is 6.42 Å². The van der Waals surface area contributed by atoms with Crippen LogP contribution in [0, 0.1) is 6.42 Å². The smallest absolute Gasteiger partial charge is 0 e. The molecule has 0 rings (SSSR count). The Kier molecular flexibility index (Phi) is 107. The standard InChI is InChI=1S/C3H7.2HI.Sb/c1-3-2;;;/h3H,1-2H3;2*1H;/p-2. The van der Waals surface area contributed by atoms with Crippen LogP contribution in [-0.4, -0.2) is 24.4 Å². The molecule has 0 bridgehead atoms. The van der Waals surface area contributed by atoms with E-state index < -0.39 is 0 Å². The monoisotopic (exact) mass is 418 g/mol. The zero-order valence-corrected chi connectivity index (χ0v) is 10.6. The van der Waals surface area contributed by atoms with Crippen molar-refractivity contribution in [3.63, 3.8) is 0 Å². The van der Waals surface area contributed by atoms with Gasteiger partial charge in [0.25, 0.3) is 0 Å². The van der Waals surface area contributed by atoms with E-state index in [1.54, 1.807) is 0 Å². The third-order valence-electron chi connectivity index (χ3n) is 0. The molecule has 0 nitrogen and oxygen atoms in total. The van der Waals surface area contributed by atoms with Crippen LogP contribution in [0.25, 0.3) is 0 Å². The van der Waals surface area contributed by atoms with Crippen LogP contribution >= 0.6 is 0 Å². The fraction of sp³-hybridized carbons (Fsp3) is 0.667. The molecule has 0 N–H and O–H groups in total. The van der Waals surface area contributed by atoms with Gasteiger partial charge in [-0.1, -0.05) is 13.8 Å². The Morgan fingerprint density at radius 1 is 1.00 bits per heavy atom. The van der Waals surface area contributed by atoms with Gasteiger partial charge < -0.3 is 48.0 Å². The van der Waals surface area contributed by atoms with Crippen molar-refractivity contribution < 1.29 is 48.0 Å². The molecule has 6 heavy (non-hydrogen) atoms. The number of rotatable bonds is 0. The zero-order valence-electron chi connectivity index (χ0n) is 3.78. The van der Waals surface area contributed by atoms with Gasteiger partial charge in [0.1, 0.15) is 0 Å². The topological polar surface area (TPSA) is 0 Å². The minimum Gasteiger partial charge on any atom is -1.00 e.